The molecule has 1 fully saturated rings. The Labute approximate surface area is 162 Å². The fourth-order valence-corrected chi connectivity index (χ4v) is 4.57. The van der Waals surface area contributed by atoms with Crippen molar-refractivity contribution in [2.75, 3.05) is 6.54 Å². The summed E-state index contributed by atoms with van der Waals surface area (Å²) in [5.41, 5.74) is 4.98. The molecule has 0 bridgehead atoms. The minimum absolute atomic E-state index is 0.0750. The minimum Gasteiger partial charge on any atom is -0.391 e. The summed E-state index contributed by atoms with van der Waals surface area (Å²) < 4.78 is 6.32. The third kappa shape index (κ3) is 4.01. The van der Waals surface area contributed by atoms with Gasteiger partial charge in [-0.05, 0) is 36.5 Å². The molecule has 4 atom stereocenters. The van der Waals surface area contributed by atoms with Crippen LogP contribution >= 0.6 is 0 Å². The summed E-state index contributed by atoms with van der Waals surface area (Å²) in [6.45, 7) is 8.55. The maximum absolute atomic E-state index is 11.2. The van der Waals surface area contributed by atoms with Crippen molar-refractivity contribution in [2.45, 2.75) is 51.2 Å². The predicted molar refractivity (Wildman–Crippen MR) is 108 cm³/mol. The molecule has 3 heteroatoms. The molecular formula is C24H29NO2. The zero-order valence-electron chi connectivity index (χ0n) is 16.1. The molecule has 2 aliphatic rings. The van der Waals surface area contributed by atoms with E-state index in [9.17, 15) is 5.11 Å². The average molecular weight is 364 g/mol. The summed E-state index contributed by atoms with van der Waals surface area (Å²) in [5, 5.41) is 11.2. The van der Waals surface area contributed by atoms with Gasteiger partial charge in [0.1, 0.15) is 0 Å². The minimum atomic E-state index is -0.402. The van der Waals surface area contributed by atoms with Crippen LogP contribution in [0.1, 0.15) is 30.0 Å². The molecule has 0 unspecified atom stereocenters. The highest BCUT2D eigenvalue weighted by atomic mass is 16.5. The smallest absolute Gasteiger partial charge is 0.0764 e. The van der Waals surface area contributed by atoms with Gasteiger partial charge in [-0.25, -0.2) is 0 Å². The molecule has 0 amide bonds. The van der Waals surface area contributed by atoms with Crippen LogP contribution in [-0.2, 0) is 24.3 Å². The van der Waals surface area contributed by atoms with Gasteiger partial charge in [0.05, 0.1) is 18.8 Å². The first kappa shape index (κ1) is 18.4. The van der Waals surface area contributed by atoms with Crippen molar-refractivity contribution in [3.63, 3.8) is 0 Å². The second-order valence-electron chi connectivity index (χ2n) is 8.07. The SMILES string of the molecule is C=C(C)[C@H]1C[C@H](OCc2ccccc2)CN2Cc3ccccc3C[C@H]2[C@H]1O. The zero-order chi connectivity index (χ0) is 18.8. The van der Waals surface area contributed by atoms with Crippen molar-refractivity contribution >= 4 is 0 Å². The molecule has 0 spiro atoms. The van der Waals surface area contributed by atoms with Gasteiger partial charge in [-0.2, -0.15) is 0 Å². The van der Waals surface area contributed by atoms with E-state index >= 15 is 0 Å². The van der Waals surface area contributed by atoms with Crippen LogP contribution in [0, 0.1) is 5.92 Å². The number of ether oxygens (including phenoxy) is 1. The van der Waals surface area contributed by atoms with E-state index in [1.165, 1.54) is 16.7 Å². The van der Waals surface area contributed by atoms with Crippen LogP contribution in [0.15, 0.2) is 66.7 Å². The van der Waals surface area contributed by atoms with Crippen LogP contribution < -0.4 is 0 Å². The van der Waals surface area contributed by atoms with Crippen molar-refractivity contribution in [2.24, 2.45) is 5.92 Å². The Kier molecular flexibility index (Phi) is 5.44. The van der Waals surface area contributed by atoms with Gasteiger partial charge >= 0.3 is 0 Å². The summed E-state index contributed by atoms with van der Waals surface area (Å²) in [7, 11) is 0. The fraction of sp³-hybridized carbons (Fsp3) is 0.417. The second-order valence-corrected chi connectivity index (χ2v) is 8.07. The molecule has 1 saturated heterocycles. The van der Waals surface area contributed by atoms with Gasteiger partial charge in [0.25, 0.3) is 0 Å². The van der Waals surface area contributed by atoms with Crippen molar-refractivity contribution in [3.05, 3.63) is 83.4 Å². The van der Waals surface area contributed by atoms with Crippen LogP contribution in [0.25, 0.3) is 0 Å². The lowest BCUT2D eigenvalue weighted by atomic mass is 9.83. The summed E-state index contributed by atoms with van der Waals surface area (Å²) in [6.07, 6.45) is 1.41. The van der Waals surface area contributed by atoms with E-state index in [-0.39, 0.29) is 18.1 Å². The number of fused-ring (bicyclic) bond motifs is 2. The maximum atomic E-state index is 11.2. The number of aliphatic hydroxyl groups excluding tert-OH is 1. The highest BCUT2D eigenvalue weighted by Crippen LogP contribution is 2.35. The molecule has 0 aromatic heterocycles. The van der Waals surface area contributed by atoms with Crippen LogP contribution in [0.2, 0.25) is 0 Å². The fourth-order valence-electron chi connectivity index (χ4n) is 4.57. The average Bonchev–Trinajstić information content (AvgIpc) is 2.82. The van der Waals surface area contributed by atoms with Crippen molar-refractivity contribution in [1.82, 2.24) is 4.90 Å². The zero-order valence-corrected chi connectivity index (χ0v) is 16.1. The van der Waals surface area contributed by atoms with Crippen LogP contribution in [0.4, 0.5) is 0 Å². The van der Waals surface area contributed by atoms with Crippen LogP contribution in [0.3, 0.4) is 0 Å². The third-order valence-corrected chi connectivity index (χ3v) is 6.11. The van der Waals surface area contributed by atoms with Gasteiger partial charge in [-0.3, -0.25) is 4.90 Å². The van der Waals surface area contributed by atoms with E-state index in [0.29, 0.717) is 6.61 Å². The van der Waals surface area contributed by atoms with E-state index < -0.39 is 6.10 Å². The van der Waals surface area contributed by atoms with E-state index in [4.69, 9.17) is 4.74 Å². The van der Waals surface area contributed by atoms with Gasteiger partial charge in [0, 0.05) is 25.0 Å². The molecule has 1 N–H and O–H groups in total. The molecule has 0 aliphatic carbocycles. The molecule has 3 nitrogen and oxygen atoms in total. The normalized spacial score (nSPS) is 28.1. The first-order valence-electron chi connectivity index (χ1n) is 9.91. The van der Waals surface area contributed by atoms with Crippen LogP contribution in [-0.4, -0.2) is 34.8 Å². The van der Waals surface area contributed by atoms with Crippen molar-refractivity contribution < 1.29 is 9.84 Å². The molecule has 27 heavy (non-hydrogen) atoms. The summed E-state index contributed by atoms with van der Waals surface area (Å²) in [5.74, 6) is 0.0750. The summed E-state index contributed by atoms with van der Waals surface area (Å²) >= 11 is 0. The number of rotatable bonds is 4. The number of hydrogen-bond acceptors (Lipinski definition) is 3. The van der Waals surface area contributed by atoms with Crippen molar-refractivity contribution in [3.8, 4) is 0 Å². The Hall–Kier alpha value is -1.94. The Morgan fingerprint density at radius 3 is 2.56 bits per heavy atom. The highest BCUT2D eigenvalue weighted by Gasteiger charge is 2.40. The maximum Gasteiger partial charge on any atom is 0.0764 e. The van der Waals surface area contributed by atoms with Crippen LogP contribution in [0.5, 0.6) is 0 Å². The Bertz CT molecular complexity index is 788. The molecule has 2 aliphatic heterocycles. The Morgan fingerprint density at radius 2 is 1.81 bits per heavy atom. The largest absolute Gasteiger partial charge is 0.391 e. The molecular weight excluding hydrogens is 334 g/mol. The number of aliphatic hydroxyl groups is 1. The second kappa shape index (κ2) is 7.97. The predicted octanol–water partition coefficient (Wildman–Crippen LogP) is 3.96. The van der Waals surface area contributed by atoms with E-state index in [2.05, 4.69) is 47.9 Å². The number of hydrogen-bond donors (Lipinski definition) is 1. The third-order valence-electron chi connectivity index (χ3n) is 6.11. The Balaban J connectivity index is 1.55. The molecule has 2 heterocycles. The number of nitrogens with zero attached hydrogens (tertiary/aromatic N) is 1. The Morgan fingerprint density at radius 1 is 1.11 bits per heavy atom. The monoisotopic (exact) mass is 363 g/mol. The van der Waals surface area contributed by atoms with E-state index in [1.54, 1.807) is 0 Å². The lowest BCUT2D eigenvalue weighted by Crippen LogP contribution is -2.49. The van der Waals surface area contributed by atoms with Gasteiger partial charge in [0.15, 0.2) is 0 Å². The van der Waals surface area contributed by atoms with Gasteiger partial charge in [-0.15, -0.1) is 0 Å². The van der Waals surface area contributed by atoms with Gasteiger partial charge < -0.3 is 9.84 Å². The van der Waals surface area contributed by atoms with Gasteiger partial charge in [-0.1, -0.05) is 66.7 Å². The number of benzene rings is 2. The summed E-state index contributed by atoms with van der Waals surface area (Å²) in [6, 6.07) is 19.1. The van der Waals surface area contributed by atoms with E-state index in [1.807, 2.05) is 25.1 Å². The topological polar surface area (TPSA) is 32.7 Å². The standard InChI is InChI=1S/C24H29NO2/c1-17(2)22-13-21(27-16-18-8-4-3-5-9-18)15-25-14-20-11-7-6-10-19(20)12-23(25)24(22)26/h3-11,21-24,26H,1,12-16H2,2H3/t21-,22+,23-,24-/m0/s1. The van der Waals surface area contributed by atoms with E-state index in [0.717, 1.165) is 31.5 Å². The first-order valence-corrected chi connectivity index (χ1v) is 9.91. The quantitative estimate of drug-likeness (QED) is 0.835. The molecule has 0 radical (unpaired) electrons. The summed E-state index contributed by atoms with van der Waals surface area (Å²) in [4.78, 5) is 2.42. The molecule has 0 saturated carbocycles. The molecule has 2 aromatic carbocycles. The molecule has 2 aromatic rings. The highest BCUT2D eigenvalue weighted by molar-refractivity contribution is 5.31. The first-order chi connectivity index (χ1) is 13.1. The molecule has 142 valence electrons. The molecule has 4 rings (SSSR count). The lowest BCUT2D eigenvalue weighted by molar-refractivity contribution is 0.00187. The van der Waals surface area contributed by atoms with Crippen molar-refractivity contribution in [1.29, 1.82) is 0 Å². The van der Waals surface area contributed by atoms with Gasteiger partial charge in [0.2, 0.25) is 0 Å². The lowest BCUT2D eigenvalue weighted by Gasteiger charge is -2.39.